The summed E-state index contributed by atoms with van der Waals surface area (Å²) in [6, 6.07) is 5.87. The van der Waals surface area contributed by atoms with Gasteiger partial charge < -0.3 is 10.1 Å². The molecule has 6 heteroatoms. The summed E-state index contributed by atoms with van der Waals surface area (Å²) in [6.45, 7) is 3.65. The predicted molar refractivity (Wildman–Crippen MR) is 78.3 cm³/mol. The topological polar surface area (TPSA) is 52.0 Å². The highest BCUT2D eigenvalue weighted by Crippen LogP contribution is 2.24. The number of hydrogen-bond donors (Lipinski definition) is 1. The van der Waals surface area contributed by atoms with Gasteiger partial charge in [0.05, 0.1) is 13.7 Å². The maximum Gasteiger partial charge on any atom is 0.146 e. The summed E-state index contributed by atoms with van der Waals surface area (Å²) in [5, 5.41) is 7.53. The van der Waals surface area contributed by atoms with Crippen molar-refractivity contribution in [2.45, 2.75) is 26.4 Å². The molecule has 0 spiro atoms. The zero-order chi connectivity index (χ0) is 13.7. The summed E-state index contributed by atoms with van der Waals surface area (Å²) in [5.74, 6) is 1.74. The van der Waals surface area contributed by atoms with E-state index in [9.17, 15) is 0 Å². The van der Waals surface area contributed by atoms with Crippen molar-refractivity contribution in [3.8, 4) is 5.75 Å². The van der Waals surface area contributed by atoms with Crippen molar-refractivity contribution in [1.82, 2.24) is 14.8 Å². The number of nitrogens with one attached hydrogen (secondary N) is 1. The molecule has 1 N–H and O–H groups in total. The van der Waals surface area contributed by atoms with Crippen LogP contribution in [0.5, 0.6) is 5.75 Å². The van der Waals surface area contributed by atoms with Gasteiger partial charge in [0.1, 0.15) is 17.9 Å². The molecule has 102 valence electrons. The molecule has 1 heterocycles. The average molecular weight is 325 g/mol. The number of nitrogens with zero attached hydrogens (tertiary/aromatic N) is 3. The molecular weight excluding hydrogens is 308 g/mol. The Balaban J connectivity index is 2.05. The van der Waals surface area contributed by atoms with Crippen LogP contribution in [-0.2, 0) is 13.1 Å². The van der Waals surface area contributed by atoms with E-state index in [4.69, 9.17) is 4.74 Å². The first-order valence-corrected chi connectivity index (χ1v) is 6.97. The Morgan fingerprint density at radius 1 is 1.37 bits per heavy atom. The molecule has 0 bridgehead atoms. The third-order valence-electron chi connectivity index (χ3n) is 2.69. The fraction of sp³-hybridized carbons (Fsp3) is 0.385. The van der Waals surface area contributed by atoms with Gasteiger partial charge in [-0.25, -0.2) is 9.67 Å². The normalized spacial score (nSPS) is 10.5. The highest BCUT2D eigenvalue weighted by atomic mass is 79.9. The smallest absolute Gasteiger partial charge is 0.146 e. The lowest BCUT2D eigenvalue weighted by molar-refractivity contribution is 0.414. The first kappa shape index (κ1) is 13.9. The zero-order valence-corrected chi connectivity index (χ0v) is 12.6. The minimum Gasteiger partial charge on any atom is -0.497 e. The van der Waals surface area contributed by atoms with Crippen LogP contribution in [0, 0.1) is 0 Å². The third-order valence-corrected chi connectivity index (χ3v) is 3.15. The molecule has 2 aromatic rings. The van der Waals surface area contributed by atoms with Crippen molar-refractivity contribution in [3.05, 3.63) is 34.8 Å². The summed E-state index contributed by atoms with van der Waals surface area (Å²) in [4.78, 5) is 4.26. The lowest BCUT2D eigenvalue weighted by atomic mass is 10.3. The Hall–Kier alpha value is -1.56. The average Bonchev–Trinajstić information content (AvgIpc) is 2.83. The number of ether oxygens (including phenoxy) is 1. The summed E-state index contributed by atoms with van der Waals surface area (Å²) in [7, 11) is 1.66. The fourth-order valence-electron chi connectivity index (χ4n) is 1.79. The van der Waals surface area contributed by atoms with Gasteiger partial charge in [0.2, 0.25) is 0 Å². The number of rotatable bonds is 6. The van der Waals surface area contributed by atoms with Gasteiger partial charge in [0.15, 0.2) is 0 Å². The molecule has 0 saturated carbocycles. The van der Waals surface area contributed by atoms with Gasteiger partial charge in [0, 0.05) is 22.8 Å². The van der Waals surface area contributed by atoms with Gasteiger partial charge in [-0.2, -0.15) is 5.10 Å². The Kier molecular flexibility index (Phi) is 4.79. The lowest BCUT2D eigenvalue weighted by Gasteiger charge is -2.09. The van der Waals surface area contributed by atoms with Gasteiger partial charge in [-0.15, -0.1) is 0 Å². The van der Waals surface area contributed by atoms with E-state index in [0.29, 0.717) is 6.54 Å². The van der Waals surface area contributed by atoms with Crippen LogP contribution in [0.3, 0.4) is 0 Å². The minimum absolute atomic E-state index is 0.638. The van der Waals surface area contributed by atoms with Gasteiger partial charge in [-0.3, -0.25) is 0 Å². The molecule has 19 heavy (non-hydrogen) atoms. The van der Waals surface area contributed by atoms with E-state index >= 15 is 0 Å². The Morgan fingerprint density at radius 2 is 2.21 bits per heavy atom. The molecule has 0 aliphatic heterocycles. The van der Waals surface area contributed by atoms with Crippen molar-refractivity contribution in [1.29, 1.82) is 0 Å². The van der Waals surface area contributed by atoms with Crippen molar-refractivity contribution in [2.75, 3.05) is 12.4 Å². The molecule has 1 aromatic heterocycles. The van der Waals surface area contributed by atoms with Gasteiger partial charge in [0.25, 0.3) is 0 Å². The lowest BCUT2D eigenvalue weighted by Crippen LogP contribution is -2.10. The summed E-state index contributed by atoms with van der Waals surface area (Å²) < 4.78 is 8.13. The maximum atomic E-state index is 5.23. The molecule has 0 radical (unpaired) electrons. The molecule has 0 amide bonds. The maximum absolute atomic E-state index is 5.23. The van der Waals surface area contributed by atoms with Crippen LogP contribution in [0.1, 0.15) is 19.2 Å². The van der Waals surface area contributed by atoms with E-state index in [1.165, 1.54) is 0 Å². The minimum atomic E-state index is 0.638. The van der Waals surface area contributed by atoms with Crippen molar-refractivity contribution in [2.24, 2.45) is 0 Å². The molecule has 0 saturated heterocycles. The van der Waals surface area contributed by atoms with E-state index in [0.717, 1.165) is 34.7 Å². The number of methoxy groups -OCH3 is 1. The highest BCUT2D eigenvalue weighted by molar-refractivity contribution is 9.10. The summed E-state index contributed by atoms with van der Waals surface area (Å²) >= 11 is 3.46. The Morgan fingerprint density at radius 3 is 2.95 bits per heavy atom. The van der Waals surface area contributed by atoms with Gasteiger partial charge in [-0.05, 0) is 18.6 Å². The predicted octanol–water partition coefficient (Wildman–Crippen LogP) is 3.07. The van der Waals surface area contributed by atoms with Crippen LogP contribution in [0.15, 0.2) is 29.0 Å². The second-order valence-corrected chi connectivity index (χ2v) is 5.05. The molecule has 5 nitrogen and oxygen atoms in total. The summed E-state index contributed by atoms with van der Waals surface area (Å²) in [5.41, 5.74) is 0.984. The van der Waals surface area contributed by atoms with E-state index in [1.54, 1.807) is 13.4 Å². The van der Waals surface area contributed by atoms with Crippen LogP contribution < -0.4 is 10.1 Å². The first-order valence-electron chi connectivity index (χ1n) is 6.18. The molecule has 0 unspecified atom stereocenters. The van der Waals surface area contributed by atoms with E-state index in [2.05, 4.69) is 38.3 Å². The van der Waals surface area contributed by atoms with Crippen molar-refractivity contribution in [3.63, 3.8) is 0 Å². The van der Waals surface area contributed by atoms with E-state index < -0.39 is 0 Å². The number of halogens is 1. The standard InChI is InChI=1S/C13H17BrN4O/c1-3-4-18-13(16-9-17-18)8-15-11-5-10(14)6-12(7-11)19-2/h5-7,9,15H,3-4,8H2,1-2H3. The number of hydrogen-bond acceptors (Lipinski definition) is 4. The van der Waals surface area contributed by atoms with Gasteiger partial charge in [-0.1, -0.05) is 22.9 Å². The number of anilines is 1. The summed E-state index contributed by atoms with van der Waals surface area (Å²) in [6.07, 6.45) is 2.63. The van der Waals surface area contributed by atoms with Crippen LogP contribution in [0.25, 0.3) is 0 Å². The second kappa shape index (κ2) is 6.56. The van der Waals surface area contributed by atoms with Crippen LogP contribution >= 0.6 is 15.9 Å². The SMILES string of the molecule is CCCn1ncnc1CNc1cc(Br)cc(OC)c1. The Bertz CT molecular complexity index is 541. The number of aromatic nitrogens is 3. The largest absolute Gasteiger partial charge is 0.497 e. The monoisotopic (exact) mass is 324 g/mol. The van der Waals surface area contributed by atoms with Crippen molar-refractivity contribution < 1.29 is 4.74 Å². The zero-order valence-electron chi connectivity index (χ0n) is 11.1. The molecule has 0 atom stereocenters. The van der Waals surface area contributed by atoms with E-state index in [1.807, 2.05) is 22.9 Å². The molecular formula is C13H17BrN4O. The van der Waals surface area contributed by atoms with Crippen LogP contribution in [0.2, 0.25) is 0 Å². The molecule has 0 aliphatic carbocycles. The Labute approximate surface area is 121 Å². The molecule has 2 rings (SSSR count). The quantitative estimate of drug-likeness (QED) is 0.887. The van der Waals surface area contributed by atoms with Crippen molar-refractivity contribution >= 4 is 21.6 Å². The van der Waals surface area contributed by atoms with E-state index in [-0.39, 0.29) is 0 Å². The molecule has 0 aliphatic rings. The van der Waals surface area contributed by atoms with Gasteiger partial charge >= 0.3 is 0 Å². The van der Waals surface area contributed by atoms with Crippen LogP contribution in [-0.4, -0.2) is 21.9 Å². The number of benzene rings is 1. The highest BCUT2D eigenvalue weighted by Gasteiger charge is 2.04. The molecule has 1 aromatic carbocycles. The third kappa shape index (κ3) is 3.70. The van der Waals surface area contributed by atoms with Crippen LogP contribution in [0.4, 0.5) is 5.69 Å². The first-order chi connectivity index (χ1) is 9.22. The number of aryl methyl sites for hydroxylation is 1. The second-order valence-electron chi connectivity index (χ2n) is 4.13. The fourth-order valence-corrected chi connectivity index (χ4v) is 2.26. The molecule has 0 fully saturated rings.